The van der Waals surface area contributed by atoms with Gasteiger partial charge in [-0.2, -0.15) is 0 Å². The Balaban J connectivity index is 1.45. The van der Waals surface area contributed by atoms with Gasteiger partial charge in [-0.25, -0.2) is 4.79 Å². The van der Waals surface area contributed by atoms with Gasteiger partial charge in [0.15, 0.2) is 5.58 Å². The molecule has 9 heteroatoms. The molecule has 1 atom stereocenters. The van der Waals surface area contributed by atoms with E-state index < -0.39 is 11.8 Å². The maximum absolute atomic E-state index is 12.9. The molecular formula is C19H20N4O5. The van der Waals surface area contributed by atoms with Gasteiger partial charge in [0.1, 0.15) is 6.04 Å². The predicted molar refractivity (Wildman–Crippen MR) is 98.9 cm³/mol. The largest absolute Gasteiger partial charge is 0.420 e. The van der Waals surface area contributed by atoms with Gasteiger partial charge in [-0.3, -0.25) is 14.2 Å². The molecule has 3 aromatic rings. The van der Waals surface area contributed by atoms with Gasteiger partial charge >= 0.3 is 5.76 Å². The van der Waals surface area contributed by atoms with Crippen LogP contribution in [0.5, 0.6) is 0 Å². The van der Waals surface area contributed by atoms with E-state index in [9.17, 15) is 14.4 Å². The number of aromatic nitrogens is 2. The summed E-state index contributed by atoms with van der Waals surface area (Å²) in [7, 11) is 0. The summed E-state index contributed by atoms with van der Waals surface area (Å²) in [4.78, 5) is 40.9. The van der Waals surface area contributed by atoms with Crippen LogP contribution in [0.3, 0.4) is 0 Å². The lowest BCUT2D eigenvalue weighted by Gasteiger charge is -2.35. The number of piperazine rings is 1. The lowest BCUT2D eigenvalue weighted by Crippen LogP contribution is -2.52. The van der Waals surface area contributed by atoms with Crippen LogP contribution in [0.4, 0.5) is 0 Å². The normalized spacial score (nSPS) is 15.8. The highest BCUT2D eigenvalue weighted by Crippen LogP contribution is 2.19. The Labute approximate surface area is 160 Å². The van der Waals surface area contributed by atoms with E-state index in [1.807, 2.05) is 0 Å². The highest BCUT2D eigenvalue weighted by molar-refractivity contribution is 5.91. The molecule has 9 nitrogen and oxygen atoms in total. The fraction of sp³-hybridized carbons (Fsp3) is 0.368. The maximum Gasteiger partial charge on any atom is 0.420 e. The Morgan fingerprint density at radius 3 is 2.46 bits per heavy atom. The molecule has 2 aromatic heterocycles. The van der Waals surface area contributed by atoms with Crippen LogP contribution in [0, 0.1) is 6.92 Å². The zero-order chi connectivity index (χ0) is 19.8. The molecule has 0 radical (unpaired) electrons. The van der Waals surface area contributed by atoms with Crippen molar-refractivity contribution in [2.75, 3.05) is 26.2 Å². The second kappa shape index (κ2) is 6.99. The van der Waals surface area contributed by atoms with Gasteiger partial charge in [0.05, 0.1) is 11.2 Å². The zero-order valence-electron chi connectivity index (χ0n) is 15.6. The highest BCUT2D eigenvalue weighted by atomic mass is 16.5. The number of para-hydroxylation sites is 2. The Hall–Kier alpha value is -3.36. The van der Waals surface area contributed by atoms with Crippen molar-refractivity contribution < 1.29 is 18.5 Å². The minimum absolute atomic E-state index is 0.184. The number of fused-ring (bicyclic) bond motifs is 1. The van der Waals surface area contributed by atoms with Gasteiger partial charge in [-0.1, -0.05) is 17.3 Å². The molecule has 1 aliphatic rings. The van der Waals surface area contributed by atoms with E-state index in [0.29, 0.717) is 43.0 Å². The molecule has 3 heterocycles. The summed E-state index contributed by atoms with van der Waals surface area (Å²) in [6.07, 6.45) is 0. The molecule has 0 bridgehead atoms. The van der Waals surface area contributed by atoms with Gasteiger partial charge < -0.3 is 18.7 Å². The first-order valence-corrected chi connectivity index (χ1v) is 9.07. The number of rotatable bonds is 3. The first-order valence-electron chi connectivity index (χ1n) is 9.07. The van der Waals surface area contributed by atoms with Crippen molar-refractivity contribution >= 4 is 22.9 Å². The second-order valence-electron chi connectivity index (χ2n) is 6.83. The smallest absolute Gasteiger partial charge is 0.408 e. The summed E-state index contributed by atoms with van der Waals surface area (Å²) >= 11 is 0. The monoisotopic (exact) mass is 384 g/mol. The molecule has 1 aliphatic heterocycles. The van der Waals surface area contributed by atoms with Crippen LogP contribution in [0.15, 0.2) is 44.1 Å². The number of aryl methyl sites for hydroxylation is 1. The molecule has 146 valence electrons. The molecule has 4 rings (SSSR count). The molecule has 1 unspecified atom stereocenters. The summed E-state index contributed by atoms with van der Waals surface area (Å²) in [5.74, 6) is -0.785. The molecule has 1 fully saturated rings. The van der Waals surface area contributed by atoms with Gasteiger partial charge in [0.2, 0.25) is 11.7 Å². The number of hydrogen-bond donors (Lipinski definition) is 0. The van der Waals surface area contributed by atoms with Gasteiger partial charge in [0.25, 0.3) is 5.91 Å². The van der Waals surface area contributed by atoms with Crippen LogP contribution in [0.25, 0.3) is 11.1 Å². The number of carbonyl (C=O) groups excluding carboxylic acids is 2. The van der Waals surface area contributed by atoms with Gasteiger partial charge in [0, 0.05) is 32.2 Å². The van der Waals surface area contributed by atoms with Crippen molar-refractivity contribution in [2.45, 2.75) is 19.9 Å². The zero-order valence-corrected chi connectivity index (χ0v) is 15.6. The van der Waals surface area contributed by atoms with E-state index in [0.717, 1.165) is 0 Å². The van der Waals surface area contributed by atoms with Gasteiger partial charge in [-0.15, -0.1) is 0 Å². The molecule has 2 amide bonds. The summed E-state index contributed by atoms with van der Waals surface area (Å²) < 4.78 is 11.6. The molecular weight excluding hydrogens is 364 g/mol. The van der Waals surface area contributed by atoms with Gasteiger partial charge in [-0.05, 0) is 26.0 Å². The topological polar surface area (TPSA) is 102 Å². The molecule has 28 heavy (non-hydrogen) atoms. The third-order valence-electron chi connectivity index (χ3n) is 4.98. The van der Waals surface area contributed by atoms with Crippen molar-refractivity contribution in [1.82, 2.24) is 19.5 Å². The standard InChI is InChI=1S/C19H20N4O5/c1-12-11-16(28-20-12)18(25)22-9-7-21(8-10-22)17(24)13(2)23-14-5-3-4-6-15(14)27-19(23)26/h3-6,11,13H,7-10H2,1-2H3. The second-order valence-corrected chi connectivity index (χ2v) is 6.83. The van der Waals surface area contributed by atoms with Crippen molar-refractivity contribution in [3.63, 3.8) is 0 Å². The molecule has 0 saturated carbocycles. The van der Waals surface area contributed by atoms with E-state index in [4.69, 9.17) is 8.94 Å². The Bertz CT molecular complexity index is 1090. The Kier molecular flexibility index (Phi) is 4.50. The van der Waals surface area contributed by atoms with E-state index in [-0.39, 0.29) is 17.6 Å². The first-order chi connectivity index (χ1) is 13.5. The van der Waals surface area contributed by atoms with Crippen LogP contribution in [0.1, 0.15) is 29.2 Å². The van der Waals surface area contributed by atoms with E-state index >= 15 is 0 Å². The number of carbonyl (C=O) groups is 2. The quantitative estimate of drug-likeness (QED) is 0.677. The number of hydrogen-bond acceptors (Lipinski definition) is 6. The lowest BCUT2D eigenvalue weighted by atomic mass is 10.2. The number of nitrogens with zero attached hydrogens (tertiary/aromatic N) is 4. The Morgan fingerprint density at radius 2 is 1.79 bits per heavy atom. The van der Waals surface area contributed by atoms with Crippen molar-refractivity contribution in [3.8, 4) is 0 Å². The van der Waals surface area contributed by atoms with E-state index in [1.165, 1.54) is 4.57 Å². The number of amides is 2. The molecule has 1 aromatic carbocycles. The number of benzene rings is 1. The summed E-state index contributed by atoms with van der Waals surface area (Å²) in [6, 6.07) is 7.91. The molecule has 0 spiro atoms. The predicted octanol–water partition coefficient (Wildman–Crippen LogP) is 1.44. The molecule has 0 aliphatic carbocycles. The lowest BCUT2D eigenvalue weighted by molar-refractivity contribution is -0.135. The summed E-state index contributed by atoms with van der Waals surface area (Å²) in [6.45, 7) is 4.97. The fourth-order valence-electron chi connectivity index (χ4n) is 3.48. The van der Waals surface area contributed by atoms with Crippen LogP contribution in [-0.4, -0.2) is 57.5 Å². The Morgan fingerprint density at radius 1 is 1.11 bits per heavy atom. The molecule has 1 saturated heterocycles. The summed E-state index contributed by atoms with van der Waals surface area (Å²) in [5.41, 5.74) is 1.68. The van der Waals surface area contributed by atoms with Crippen LogP contribution in [0.2, 0.25) is 0 Å². The number of oxazole rings is 1. The third kappa shape index (κ3) is 3.08. The van der Waals surface area contributed by atoms with Crippen molar-refractivity contribution in [3.05, 3.63) is 52.3 Å². The van der Waals surface area contributed by atoms with Crippen LogP contribution in [-0.2, 0) is 4.79 Å². The SMILES string of the molecule is Cc1cc(C(=O)N2CCN(C(=O)C(C)n3c(=O)oc4ccccc43)CC2)on1. The summed E-state index contributed by atoms with van der Waals surface area (Å²) in [5, 5.41) is 3.73. The van der Waals surface area contributed by atoms with Crippen LogP contribution < -0.4 is 5.76 Å². The average molecular weight is 384 g/mol. The average Bonchev–Trinajstić information content (AvgIpc) is 3.28. The first kappa shape index (κ1) is 18.0. The highest BCUT2D eigenvalue weighted by Gasteiger charge is 2.30. The van der Waals surface area contributed by atoms with E-state index in [1.54, 1.807) is 54.0 Å². The minimum Gasteiger partial charge on any atom is -0.408 e. The fourth-order valence-corrected chi connectivity index (χ4v) is 3.48. The maximum atomic E-state index is 12.9. The van der Waals surface area contributed by atoms with Crippen molar-refractivity contribution in [1.29, 1.82) is 0 Å². The third-order valence-corrected chi connectivity index (χ3v) is 4.98. The van der Waals surface area contributed by atoms with E-state index in [2.05, 4.69) is 5.16 Å². The van der Waals surface area contributed by atoms with Crippen molar-refractivity contribution in [2.24, 2.45) is 0 Å². The minimum atomic E-state index is -0.699. The van der Waals surface area contributed by atoms with Crippen LogP contribution >= 0.6 is 0 Å². The molecule has 0 N–H and O–H groups in total.